The van der Waals surface area contributed by atoms with Crippen LogP contribution in [0.15, 0.2) is 0 Å². The van der Waals surface area contributed by atoms with Crippen LogP contribution in [0.25, 0.3) is 0 Å². The van der Waals surface area contributed by atoms with Crippen LogP contribution in [0.1, 0.15) is 83.5 Å². The van der Waals surface area contributed by atoms with E-state index in [1.54, 1.807) is 0 Å². The molecule has 0 aliphatic carbocycles. The molecule has 0 aromatic rings. The Morgan fingerprint density at radius 1 is 0.857 bits per heavy atom. The van der Waals surface area contributed by atoms with Crippen molar-refractivity contribution in [3.8, 4) is 12.3 Å². The average molecular weight is 359 g/mol. The van der Waals surface area contributed by atoms with Crippen molar-refractivity contribution < 1.29 is 9.53 Å². The van der Waals surface area contributed by atoms with Gasteiger partial charge in [-0.2, -0.15) is 0 Å². The molecule has 3 heteroatoms. The molecule has 0 saturated carbocycles. The van der Waals surface area contributed by atoms with E-state index in [0.29, 0.717) is 13.0 Å². The molecule has 21 heavy (non-hydrogen) atoms. The number of halogens is 1. The van der Waals surface area contributed by atoms with E-state index in [9.17, 15) is 4.79 Å². The molecule has 0 amide bonds. The van der Waals surface area contributed by atoms with Crippen LogP contribution in [0.4, 0.5) is 0 Å². The number of terminal acetylenes is 1. The van der Waals surface area contributed by atoms with Gasteiger partial charge in [0.15, 0.2) is 0 Å². The molecule has 0 bridgehead atoms. The van der Waals surface area contributed by atoms with Crippen molar-refractivity contribution >= 4 is 21.9 Å². The number of ether oxygens (including phenoxy) is 1. The number of hydrogen-bond donors (Lipinski definition) is 0. The molecule has 0 atom stereocenters. The zero-order valence-electron chi connectivity index (χ0n) is 13.4. The van der Waals surface area contributed by atoms with Gasteiger partial charge in [0, 0.05) is 18.2 Å². The minimum Gasteiger partial charge on any atom is -0.466 e. The molecule has 0 heterocycles. The minimum absolute atomic E-state index is 0.0236. The van der Waals surface area contributed by atoms with Crippen molar-refractivity contribution in [2.75, 3.05) is 11.9 Å². The first-order valence-electron chi connectivity index (χ1n) is 8.46. The molecule has 0 spiro atoms. The molecule has 0 N–H and O–H groups in total. The molecule has 0 aromatic carbocycles. The SMILES string of the molecule is C#CCCCCCCCCOC(=O)CCCCCCCBr. The summed E-state index contributed by atoms with van der Waals surface area (Å²) in [4.78, 5) is 11.5. The third kappa shape index (κ3) is 17.5. The van der Waals surface area contributed by atoms with E-state index in [4.69, 9.17) is 11.2 Å². The Bertz CT molecular complexity index is 271. The van der Waals surface area contributed by atoms with Gasteiger partial charge < -0.3 is 4.74 Å². The fourth-order valence-corrected chi connectivity index (χ4v) is 2.59. The highest BCUT2D eigenvalue weighted by Gasteiger charge is 2.02. The van der Waals surface area contributed by atoms with Gasteiger partial charge in [0.05, 0.1) is 6.61 Å². The standard InChI is InChI=1S/C18H31BrO2/c1-2-3-4-5-6-7-11-14-17-21-18(20)15-12-9-8-10-13-16-19/h1H,3-17H2. The lowest BCUT2D eigenvalue weighted by Gasteiger charge is -2.05. The number of hydrogen-bond acceptors (Lipinski definition) is 2. The zero-order valence-corrected chi connectivity index (χ0v) is 15.0. The first-order valence-corrected chi connectivity index (χ1v) is 9.58. The monoisotopic (exact) mass is 358 g/mol. The van der Waals surface area contributed by atoms with Crippen LogP contribution in [0.2, 0.25) is 0 Å². The molecule has 0 aliphatic heterocycles. The summed E-state index contributed by atoms with van der Waals surface area (Å²) in [6, 6.07) is 0. The molecule has 0 unspecified atom stereocenters. The van der Waals surface area contributed by atoms with Crippen LogP contribution in [0, 0.1) is 12.3 Å². The largest absolute Gasteiger partial charge is 0.466 e. The summed E-state index contributed by atoms with van der Waals surface area (Å²) < 4.78 is 5.24. The third-order valence-electron chi connectivity index (χ3n) is 3.49. The Balaban J connectivity index is 3.14. The third-order valence-corrected chi connectivity index (χ3v) is 4.05. The summed E-state index contributed by atoms with van der Waals surface area (Å²) in [6.07, 6.45) is 19.5. The van der Waals surface area contributed by atoms with Crippen molar-refractivity contribution in [3.63, 3.8) is 0 Å². The van der Waals surface area contributed by atoms with Crippen molar-refractivity contribution in [1.82, 2.24) is 0 Å². The predicted molar refractivity (Wildman–Crippen MR) is 93.6 cm³/mol. The van der Waals surface area contributed by atoms with Gasteiger partial charge in [-0.25, -0.2) is 0 Å². The Morgan fingerprint density at radius 2 is 1.43 bits per heavy atom. The Hall–Kier alpha value is -0.490. The van der Waals surface area contributed by atoms with Crippen LogP contribution >= 0.6 is 15.9 Å². The molecule has 0 radical (unpaired) electrons. The van der Waals surface area contributed by atoms with E-state index in [0.717, 1.165) is 43.9 Å². The Morgan fingerprint density at radius 3 is 2.10 bits per heavy atom. The van der Waals surface area contributed by atoms with Gasteiger partial charge in [-0.15, -0.1) is 12.3 Å². The number of alkyl halides is 1. The van der Waals surface area contributed by atoms with Gasteiger partial charge in [-0.05, 0) is 25.7 Å². The van der Waals surface area contributed by atoms with Gasteiger partial charge in [0.25, 0.3) is 0 Å². The van der Waals surface area contributed by atoms with Gasteiger partial charge in [0.2, 0.25) is 0 Å². The van der Waals surface area contributed by atoms with Crippen LogP contribution < -0.4 is 0 Å². The predicted octanol–water partition coefficient (Wildman–Crippen LogP) is 5.63. The van der Waals surface area contributed by atoms with Gasteiger partial charge in [-0.3, -0.25) is 4.79 Å². The Labute approximate surface area is 139 Å². The van der Waals surface area contributed by atoms with E-state index < -0.39 is 0 Å². The maximum Gasteiger partial charge on any atom is 0.305 e. The first-order chi connectivity index (χ1) is 10.3. The summed E-state index contributed by atoms with van der Waals surface area (Å²) in [5, 5.41) is 1.08. The highest BCUT2D eigenvalue weighted by molar-refractivity contribution is 9.09. The van der Waals surface area contributed by atoms with Crippen LogP contribution in [0.5, 0.6) is 0 Å². The van der Waals surface area contributed by atoms with Crippen molar-refractivity contribution in [2.24, 2.45) is 0 Å². The fourth-order valence-electron chi connectivity index (χ4n) is 2.19. The lowest BCUT2D eigenvalue weighted by Crippen LogP contribution is -2.05. The zero-order chi connectivity index (χ0) is 15.6. The molecule has 0 aliphatic rings. The fraction of sp³-hybridized carbons (Fsp3) is 0.833. The second-order valence-electron chi connectivity index (χ2n) is 5.50. The van der Waals surface area contributed by atoms with Gasteiger partial charge in [-0.1, -0.05) is 60.9 Å². The molecule has 0 rings (SSSR count). The van der Waals surface area contributed by atoms with Crippen LogP contribution in [0.3, 0.4) is 0 Å². The Kier molecular flexibility index (Phi) is 17.2. The average Bonchev–Trinajstić information content (AvgIpc) is 2.49. The number of esters is 1. The summed E-state index contributed by atoms with van der Waals surface area (Å²) in [6.45, 7) is 0.590. The summed E-state index contributed by atoms with van der Waals surface area (Å²) in [7, 11) is 0. The molecule has 2 nitrogen and oxygen atoms in total. The number of unbranched alkanes of at least 4 members (excludes halogenated alkanes) is 10. The lowest BCUT2D eigenvalue weighted by molar-refractivity contribution is -0.143. The molecule has 0 fully saturated rings. The van der Waals surface area contributed by atoms with Crippen LogP contribution in [-0.4, -0.2) is 17.9 Å². The molecule has 0 aromatic heterocycles. The number of carbonyl (C=O) groups is 1. The van der Waals surface area contributed by atoms with E-state index in [2.05, 4.69) is 21.9 Å². The summed E-state index contributed by atoms with van der Waals surface area (Å²) in [5.74, 6) is 2.64. The highest BCUT2D eigenvalue weighted by atomic mass is 79.9. The topological polar surface area (TPSA) is 26.3 Å². The minimum atomic E-state index is -0.0236. The van der Waals surface area contributed by atoms with Gasteiger partial charge >= 0.3 is 5.97 Å². The number of rotatable bonds is 15. The number of carbonyl (C=O) groups excluding carboxylic acids is 1. The van der Waals surface area contributed by atoms with Crippen LogP contribution in [-0.2, 0) is 9.53 Å². The second kappa shape index (κ2) is 17.6. The first kappa shape index (κ1) is 20.5. The van der Waals surface area contributed by atoms with E-state index in [1.807, 2.05) is 0 Å². The molecular weight excluding hydrogens is 328 g/mol. The molecule has 122 valence electrons. The highest BCUT2D eigenvalue weighted by Crippen LogP contribution is 2.09. The van der Waals surface area contributed by atoms with Crippen molar-refractivity contribution in [3.05, 3.63) is 0 Å². The maximum atomic E-state index is 11.5. The summed E-state index contributed by atoms with van der Waals surface area (Å²) in [5.41, 5.74) is 0. The summed E-state index contributed by atoms with van der Waals surface area (Å²) >= 11 is 3.42. The smallest absolute Gasteiger partial charge is 0.305 e. The molecular formula is C18H31BrO2. The van der Waals surface area contributed by atoms with Crippen molar-refractivity contribution in [1.29, 1.82) is 0 Å². The molecule has 0 saturated heterocycles. The van der Waals surface area contributed by atoms with E-state index in [1.165, 1.54) is 38.5 Å². The maximum absolute atomic E-state index is 11.5. The van der Waals surface area contributed by atoms with E-state index >= 15 is 0 Å². The quantitative estimate of drug-likeness (QED) is 0.164. The van der Waals surface area contributed by atoms with E-state index in [-0.39, 0.29) is 5.97 Å². The van der Waals surface area contributed by atoms with Crippen molar-refractivity contribution in [2.45, 2.75) is 83.5 Å². The lowest BCUT2D eigenvalue weighted by atomic mass is 10.1. The second-order valence-corrected chi connectivity index (χ2v) is 6.30. The normalized spacial score (nSPS) is 10.3. The van der Waals surface area contributed by atoms with Gasteiger partial charge in [0.1, 0.15) is 0 Å².